The SMILES string of the molecule is C=CCC[C@H](O)CN(CCC(C)C)CC(=O)N1CCc2sccc2[C@H]1COc1cccc(F)c1. The maximum Gasteiger partial charge on any atom is 0.237 e. The van der Waals surface area contributed by atoms with Crippen molar-refractivity contribution in [2.75, 3.05) is 32.8 Å². The van der Waals surface area contributed by atoms with Gasteiger partial charge in [-0.05, 0) is 67.3 Å². The Morgan fingerprint density at radius 1 is 1.38 bits per heavy atom. The second-order valence-corrected chi connectivity index (χ2v) is 10.4. The van der Waals surface area contributed by atoms with Crippen LogP contribution >= 0.6 is 11.3 Å². The lowest BCUT2D eigenvalue weighted by Gasteiger charge is -2.37. The second kappa shape index (κ2) is 13.0. The first-order valence-electron chi connectivity index (χ1n) is 12.1. The highest BCUT2D eigenvalue weighted by molar-refractivity contribution is 7.10. The molecule has 7 heteroatoms. The summed E-state index contributed by atoms with van der Waals surface area (Å²) in [5.41, 5.74) is 1.11. The van der Waals surface area contributed by atoms with Crippen LogP contribution < -0.4 is 4.74 Å². The number of allylic oxidation sites excluding steroid dienone is 1. The molecule has 5 nitrogen and oxygen atoms in total. The number of hydrogen-bond acceptors (Lipinski definition) is 5. The van der Waals surface area contributed by atoms with Gasteiger partial charge in [-0.15, -0.1) is 17.9 Å². The van der Waals surface area contributed by atoms with Crippen molar-refractivity contribution in [1.29, 1.82) is 0 Å². The van der Waals surface area contributed by atoms with E-state index in [4.69, 9.17) is 4.74 Å². The molecule has 0 saturated carbocycles. The summed E-state index contributed by atoms with van der Waals surface area (Å²) in [7, 11) is 0. The van der Waals surface area contributed by atoms with Gasteiger partial charge in [0.05, 0.1) is 18.7 Å². The molecular formula is C27H37FN2O3S. The Hall–Kier alpha value is -2.22. The van der Waals surface area contributed by atoms with E-state index in [0.717, 1.165) is 31.4 Å². The summed E-state index contributed by atoms with van der Waals surface area (Å²) in [5.74, 6) is 0.655. The number of carbonyl (C=O) groups is 1. The molecule has 1 aromatic heterocycles. The van der Waals surface area contributed by atoms with Crippen LogP contribution in [-0.4, -0.2) is 59.7 Å². The minimum atomic E-state index is -0.491. The summed E-state index contributed by atoms with van der Waals surface area (Å²) in [4.78, 5) is 18.8. The number of hydrogen-bond donors (Lipinski definition) is 1. The van der Waals surface area contributed by atoms with Crippen LogP contribution in [0.15, 0.2) is 48.4 Å². The lowest BCUT2D eigenvalue weighted by molar-refractivity contribution is -0.136. The van der Waals surface area contributed by atoms with Crippen LogP contribution in [0.3, 0.4) is 0 Å². The topological polar surface area (TPSA) is 53.0 Å². The van der Waals surface area contributed by atoms with E-state index in [2.05, 4.69) is 36.8 Å². The Kier molecular flexibility index (Phi) is 10.1. The smallest absolute Gasteiger partial charge is 0.237 e. The molecule has 186 valence electrons. The van der Waals surface area contributed by atoms with Gasteiger partial charge < -0.3 is 14.7 Å². The third-order valence-corrected chi connectivity index (χ3v) is 7.17. The van der Waals surface area contributed by atoms with Gasteiger partial charge in [0.2, 0.25) is 5.91 Å². The summed E-state index contributed by atoms with van der Waals surface area (Å²) >= 11 is 1.70. The molecular weight excluding hydrogens is 451 g/mol. The van der Waals surface area contributed by atoms with Crippen molar-refractivity contribution in [1.82, 2.24) is 9.80 Å². The van der Waals surface area contributed by atoms with Gasteiger partial charge in [-0.3, -0.25) is 9.69 Å². The number of fused-ring (bicyclic) bond motifs is 1. The minimum Gasteiger partial charge on any atom is -0.491 e. The van der Waals surface area contributed by atoms with E-state index in [9.17, 15) is 14.3 Å². The van der Waals surface area contributed by atoms with Gasteiger partial charge >= 0.3 is 0 Å². The molecule has 0 saturated heterocycles. The number of ether oxygens (including phenoxy) is 1. The Labute approximate surface area is 206 Å². The molecule has 2 aromatic rings. The molecule has 0 bridgehead atoms. The molecule has 3 rings (SSSR count). The van der Waals surface area contributed by atoms with Crippen molar-refractivity contribution in [3.63, 3.8) is 0 Å². The molecule has 1 aliphatic rings. The van der Waals surface area contributed by atoms with Crippen molar-refractivity contribution in [3.05, 3.63) is 64.6 Å². The van der Waals surface area contributed by atoms with Crippen molar-refractivity contribution in [2.45, 2.75) is 51.7 Å². The van der Waals surface area contributed by atoms with Crippen LogP contribution in [0.5, 0.6) is 5.75 Å². The Morgan fingerprint density at radius 2 is 2.21 bits per heavy atom. The first-order chi connectivity index (χ1) is 16.4. The van der Waals surface area contributed by atoms with E-state index in [1.165, 1.54) is 17.0 Å². The lowest BCUT2D eigenvalue weighted by atomic mass is 10.00. The summed E-state index contributed by atoms with van der Waals surface area (Å²) < 4.78 is 19.5. The van der Waals surface area contributed by atoms with Crippen molar-refractivity contribution < 1.29 is 19.0 Å². The molecule has 1 N–H and O–H groups in total. The van der Waals surface area contributed by atoms with Crippen molar-refractivity contribution >= 4 is 17.2 Å². The highest BCUT2D eigenvalue weighted by Gasteiger charge is 2.33. The number of aliphatic hydroxyl groups is 1. The molecule has 34 heavy (non-hydrogen) atoms. The fourth-order valence-corrected chi connectivity index (χ4v) is 5.19. The zero-order valence-electron chi connectivity index (χ0n) is 20.3. The van der Waals surface area contributed by atoms with Crippen LogP contribution in [0, 0.1) is 11.7 Å². The van der Waals surface area contributed by atoms with E-state index in [0.29, 0.717) is 31.2 Å². The van der Waals surface area contributed by atoms with Gasteiger partial charge in [0.25, 0.3) is 0 Å². The summed E-state index contributed by atoms with van der Waals surface area (Å²) in [6.07, 6.45) is 4.49. The van der Waals surface area contributed by atoms with Gasteiger partial charge in [0.1, 0.15) is 18.2 Å². The first-order valence-corrected chi connectivity index (χ1v) is 13.0. The van der Waals surface area contributed by atoms with Gasteiger partial charge in [-0.2, -0.15) is 0 Å². The fraction of sp³-hybridized carbons (Fsp3) is 0.519. The normalized spacial score (nSPS) is 16.5. The van der Waals surface area contributed by atoms with Crippen LogP contribution in [0.2, 0.25) is 0 Å². The molecule has 1 amide bonds. The average molecular weight is 489 g/mol. The minimum absolute atomic E-state index is 0.0318. The van der Waals surface area contributed by atoms with Gasteiger partial charge in [0.15, 0.2) is 0 Å². The third-order valence-electron chi connectivity index (χ3n) is 6.17. The molecule has 2 heterocycles. The van der Waals surface area contributed by atoms with Crippen LogP contribution in [-0.2, 0) is 11.2 Å². The quantitative estimate of drug-likeness (QED) is 0.400. The number of benzene rings is 1. The number of halogens is 1. The maximum atomic E-state index is 13.6. The highest BCUT2D eigenvalue weighted by atomic mass is 32.1. The molecule has 0 spiro atoms. The van der Waals surface area contributed by atoms with E-state index >= 15 is 0 Å². The number of thiophene rings is 1. The van der Waals surface area contributed by atoms with Gasteiger partial charge in [-0.25, -0.2) is 4.39 Å². The standard InChI is InChI=1S/C27H37FN2O3S/c1-4-5-8-22(31)17-29(13-10-20(2)3)18-27(32)30-14-11-26-24(12-15-34-26)25(30)19-33-23-9-6-7-21(28)16-23/h4,6-7,9,12,15-16,20,22,25,31H,1,5,8,10-11,13-14,17-19H2,2-3H3/t22-,25+/m0/s1. The second-order valence-electron chi connectivity index (χ2n) is 9.36. The largest absolute Gasteiger partial charge is 0.491 e. The predicted octanol–water partition coefficient (Wildman–Crippen LogP) is 5.07. The van der Waals surface area contributed by atoms with Crippen LogP contribution in [0.1, 0.15) is 49.6 Å². The average Bonchev–Trinajstić information content (AvgIpc) is 3.28. The summed E-state index contributed by atoms with van der Waals surface area (Å²) in [6, 6.07) is 7.94. The molecule has 0 aliphatic carbocycles. The van der Waals surface area contributed by atoms with Crippen LogP contribution in [0.25, 0.3) is 0 Å². The molecule has 0 radical (unpaired) electrons. The Balaban J connectivity index is 1.71. The zero-order chi connectivity index (χ0) is 24.5. The van der Waals surface area contributed by atoms with E-state index in [1.807, 2.05) is 11.0 Å². The van der Waals surface area contributed by atoms with Gasteiger partial charge in [0, 0.05) is 24.0 Å². The monoisotopic (exact) mass is 488 g/mol. The summed E-state index contributed by atoms with van der Waals surface area (Å²) in [6.45, 7) is 10.4. The van der Waals surface area contributed by atoms with E-state index in [1.54, 1.807) is 23.5 Å². The Bertz CT molecular complexity index is 932. The molecule has 0 fully saturated rings. The van der Waals surface area contributed by atoms with E-state index < -0.39 is 6.10 Å². The molecule has 1 aliphatic heterocycles. The number of rotatable bonds is 13. The highest BCUT2D eigenvalue weighted by Crippen LogP contribution is 2.34. The fourth-order valence-electron chi connectivity index (χ4n) is 4.26. The maximum absolute atomic E-state index is 13.6. The predicted molar refractivity (Wildman–Crippen MR) is 136 cm³/mol. The van der Waals surface area contributed by atoms with Gasteiger partial charge in [-0.1, -0.05) is 26.0 Å². The third kappa shape index (κ3) is 7.65. The number of amides is 1. The summed E-state index contributed by atoms with van der Waals surface area (Å²) in [5, 5.41) is 12.5. The van der Waals surface area contributed by atoms with Crippen molar-refractivity contribution in [3.8, 4) is 5.75 Å². The lowest BCUT2D eigenvalue weighted by Crippen LogP contribution is -2.48. The van der Waals surface area contributed by atoms with E-state index in [-0.39, 0.29) is 30.9 Å². The molecule has 2 atom stereocenters. The number of aliphatic hydroxyl groups excluding tert-OH is 1. The zero-order valence-corrected chi connectivity index (χ0v) is 21.1. The first kappa shape index (κ1) is 26.4. The number of nitrogens with zero attached hydrogens (tertiary/aromatic N) is 2. The molecule has 1 aromatic carbocycles. The molecule has 0 unspecified atom stereocenters. The Morgan fingerprint density at radius 3 is 2.94 bits per heavy atom. The van der Waals surface area contributed by atoms with Crippen molar-refractivity contribution in [2.24, 2.45) is 5.92 Å². The van der Waals surface area contributed by atoms with Crippen LogP contribution in [0.4, 0.5) is 4.39 Å². The number of carbonyl (C=O) groups excluding carboxylic acids is 1.